The largest absolute Gasteiger partial charge is 0.507 e. The molecule has 0 bridgehead atoms. The van der Waals surface area contributed by atoms with Gasteiger partial charge in [-0.3, -0.25) is 9.59 Å². The van der Waals surface area contributed by atoms with Gasteiger partial charge >= 0.3 is 0 Å². The van der Waals surface area contributed by atoms with Crippen molar-refractivity contribution in [1.29, 1.82) is 0 Å². The van der Waals surface area contributed by atoms with E-state index < -0.39 is 17.7 Å². The molecule has 1 saturated heterocycles. The number of carbonyl (C=O) groups is 2. The van der Waals surface area contributed by atoms with Crippen LogP contribution in [0.3, 0.4) is 0 Å². The molecule has 2 aliphatic rings. The van der Waals surface area contributed by atoms with Crippen LogP contribution >= 0.6 is 11.3 Å². The molecule has 1 aromatic heterocycles. The lowest BCUT2D eigenvalue weighted by molar-refractivity contribution is -0.141. The van der Waals surface area contributed by atoms with Crippen LogP contribution in [-0.2, 0) is 15.0 Å². The minimum absolute atomic E-state index is 0.0260. The topological polar surface area (TPSA) is 66.8 Å². The van der Waals surface area contributed by atoms with Crippen LogP contribution in [-0.4, -0.2) is 34.3 Å². The van der Waals surface area contributed by atoms with Crippen LogP contribution in [0.2, 0.25) is 0 Å². The summed E-state index contributed by atoms with van der Waals surface area (Å²) in [6, 6.07) is 8.86. The summed E-state index contributed by atoms with van der Waals surface area (Å²) < 4.78 is 5.81. The van der Waals surface area contributed by atoms with Gasteiger partial charge in [0.25, 0.3) is 11.7 Å². The molecule has 5 nitrogen and oxygen atoms in total. The average molecular weight is 468 g/mol. The summed E-state index contributed by atoms with van der Waals surface area (Å²) in [5.74, 6) is -0.441. The third-order valence-corrected chi connectivity index (χ3v) is 7.55. The second kappa shape index (κ2) is 9.34. The number of carbonyl (C=O) groups excluding carboxylic acids is 2. The summed E-state index contributed by atoms with van der Waals surface area (Å²) in [5, 5.41) is 13.4. The number of aliphatic hydroxyl groups excluding tert-OH is 1. The van der Waals surface area contributed by atoms with Crippen molar-refractivity contribution >= 4 is 28.8 Å². The molecule has 33 heavy (non-hydrogen) atoms. The lowest BCUT2D eigenvalue weighted by Gasteiger charge is -2.34. The van der Waals surface area contributed by atoms with Gasteiger partial charge in [0.05, 0.1) is 18.2 Å². The van der Waals surface area contributed by atoms with E-state index in [1.165, 1.54) is 11.3 Å². The maximum atomic E-state index is 13.3. The molecule has 2 fully saturated rings. The molecule has 1 unspecified atom stereocenters. The van der Waals surface area contributed by atoms with Crippen LogP contribution in [0.5, 0.6) is 5.75 Å². The first-order chi connectivity index (χ1) is 15.7. The van der Waals surface area contributed by atoms with Gasteiger partial charge in [-0.15, -0.1) is 11.3 Å². The Morgan fingerprint density at radius 2 is 1.88 bits per heavy atom. The summed E-state index contributed by atoms with van der Waals surface area (Å²) in [4.78, 5) is 29.2. The van der Waals surface area contributed by atoms with Gasteiger partial charge < -0.3 is 14.7 Å². The van der Waals surface area contributed by atoms with Crippen LogP contribution in [0.4, 0.5) is 0 Å². The van der Waals surface area contributed by atoms with Crippen molar-refractivity contribution in [3.8, 4) is 5.75 Å². The predicted octanol–water partition coefficient (Wildman–Crippen LogP) is 6.20. The number of benzene rings is 1. The first-order valence-electron chi connectivity index (χ1n) is 11.8. The average Bonchev–Trinajstić information content (AvgIpc) is 3.41. The first kappa shape index (κ1) is 23.6. The Kier molecular flexibility index (Phi) is 6.66. The first-order valence-corrected chi connectivity index (χ1v) is 12.7. The standard InChI is InChI=1S/C27H33NO4S/c1-5-32-20-14-13-17(16-19(20)27(2,3)4)24(29)22-23(21-12-9-15-33-21)28(26(31)25(22)30)18-10-7-6-8-11-18/h9,12-16,18,23,29H,5-8,10-11H2,1-4H3/b24-22-. The number of hydrogen-bond donors (Lipinski definition) is 1. The molecule has 1 atom stereocenters. The Hall–Kier alpha value is -2.60. The highest BCUT2D eigenvalue weighted by atomic mass is 32.1. The summed E-state index contributed by atoms with van der Waals surface area (Å²) in [6.07, 6.45) is 5.06. The fraction of sp³-hybridized carbons (Fsp3) is 0.481. The van der Waals surface area contributed by atoms with Gasteiger partial charge in [0.15, 0.2) is 0 Å². The molecule has 1 saturated carbocycles. The maximum absolute atomic E-state index is 13.3. The summed E-state index contributed by atoms with van der Waals surface area (Å²) in [7, 11) is 0. The minimum atomic E-state index is -0.595. The van der Waals surface area contributed by atoms with Crippen molar-refractivity contribution in [2.75, 3.05) is 6.61 Å². The smallest absolute Gasteiger partial charge is 0.295 e. The van der Waals surface area contributed by atoms with E-state index in [9.17, 15) is 14.7 Å². The van der Waals surface area contributed by atoms with Crippen LogP contribution in [0.1, 0.15) is 81.8 Å². The lowest BCUT2D eigenvalue weighted by Crippen LogP contribution is -2.40. The monoisotopic (exact) mass is 467 g/mol. The maximum Gasteiger partial charge on any atom is 0.295 e. The number of amides is 1. The van der Waals surface area contributed by atoms with Crippen LogP contribution in [0.15, 0.2) is 41.3 Å². The molecule has 2 heterocycles. The van der Waals surface area contributed by atoms with E-state index in [2.05, 4.69) is 20.8 Å². The van der Waals surface area contributed by atoms with Crippen LogP contribution < -0.4 is 4.74 Å². The predicted molar refractivity (Wildman–Crippen MR) is 132 cm³/mol. The number of hydrogen-bond acceptors (Lipinski definition) is 5. The summed E-state index contributed by atoms with van der Waals surface area (Å²) >= 11 is 1.51. The highest BCUT2D eigenvalue weighted by molar-refractivity contribution is 7.10. The molecule has 0 radical (unpaired) electrons. The Morgan fingerprint density at radius 1 is 1.15 bits per heavy atom. The Bertz CT molecular complexity index is 1060. The zero-order chi connectivity index (χ0) is 23.8. The zero-order valence-electron chi connectivity index (χ0n) is 19.9. The van der Waals surface area contributed by atoms with Gasteiger partial charge in [0, 0.05) is 22.0 Å². The summed E-state index contributed by atoms with van der Waals surface area (Å²) in [5.41, 5.74) is 1.45. The Morgan fingerprint density at radius 3 is 2.48 bits per heavy atom. The number of ether oxygens (including phenoxy) is 1. The number of likely N-dealkylation sites (tertiary alicyclic amines) is 1. The highest BCUT2D eigenvalue weighted by Gasteiger charge is 2.49. The minimum Gasteiger partial charge on any atom is -0.507 e. The molecule has 1 aromatic carbocycles. The number of thiophene rings is 1. The second-order valence-electron chi connectivity index (χ2n) is 9.91. The van der Waals surface area contributed by atoms with Gasteiger partial charge in [0.1, 0.15) is 11.5 Å². The van der Waals surface area contributed by atoms with E-state index in [1.54, 1.807) is 11.0 Å². The van der Waals surface area contributed by atoms with Gasteiger partial charge in [-0.1, -0.05) is 46.1 Å². The van der Waals surface area contributed by atoms with E-state index in [4.69, 9.17) is 4.74 Å². The molecule has 2 aromatic rings. The van der Waals surface area contributed by atoms with E-state index in [1.807, 2.05) is 36.6 Å². The van der Waals surface area contributed by atoms with Gasteiger partial charge in [-0.05, 0) is 54.8 Å². The number of aliphatic hydroxyl groups is 1. The van der Waals surface area contributed by atoms with E-state index in [0.29, 0.717) is 12.2 Å². The molecule has 0 spiro atoms. The molecule has 1 aliphatic heterocycles. The number of nitrogens with zero attached hydrogens (tertiary/aromatic N) is 1. The fourth-order valence-electron chi connectivity index (χ4n) is 5.01. The van der Waals surface area contributed by atoms with Gasteiger partial charge in [-0.25, -0.2) is 0 Å². The molecule has 176 valence electrons. The molecule has 6 heteroatoms. The molecular weight excluding hydrogens is 434 g/mol. The quantitative estimate of drug-likeness (QED) is 0.323. The third-order valence-electron chi connectivity index (χ3n) is 6.62. The summed E-state index contributed by atoms with van der Waals surface area (Å²) in [6.45, 7) is 8.74. The fourth-order valence-corrected chi connectivity index (χ4v) is 5.84. The molecule has 1 amide bonds. The number of ketones is 1. The second-order valence-corrected chi connectivity index (χ2v) is 10.9. The van der Waals surface area contributed by atoms with Crippen molar-refractivity contribution in [2.24, 2.45) is 0 Å². The van der Waals surface area contributed by atoms with Crippen molar-refractivity contribution in [3.05, 3.63) is 57.3 Å². The van der Waals surface area contributed by atoms with E-state index in [-0.39, 0.29) is 22.8 Å². The number of rotatable bonds is 5. The van der Waals surface area contributed by atoms with Crippen LogP contribution in [0.25, 0.3) is 5.76 Å². The van der Waals surface area contributed by atoms with E-state index in [0.717, 1.165) is 48.3 Å². The molecule has 1 aliphatic carbocycles. The van der Waals surface area contributed by atoms with Gasteiger partial charge in [0.2, 0.25) is 0 Å². The van der Waals surface area contributed by atoms with E-state index >= 15 is 0 Å². The van der Waals surface area contributed by atoms with Gasteiger partial charge in [-0.2, -0.15) is 0 Å². The van der Waals surface area contributed by atoms with Crippen molar-refractivity contribution < 1.29 is 19.4 Å². The molecule has 4 rings (SSSR count). The van der Waals surface area contributed by atoms with Crippen molar-refractivity contribution in [1.82, 2.24) is 4.90 Å². The zero-order valence-corrected chi connectivity index (χ0v) is 20.7. The Balaban J connectivity index is 1.85. The lowest BCUT2D eigenvalue weighted by atomic mass is 9.84. The van der Waals surface area contributed by atoms with Crippen molar-refractivity contribution in [3.63, 3.8) is 0 Å². The Labute approximate surface area is 200 Å². The third kappa shape index (κ3) is 4.45. The van der Waals surface area contributed by atoms with Crippen molar-refractivity contribution in [2.45, 2.75) is 77.3 Å². The highest BCUT2D eigenvalue weighted by Crippen LogP contribution is 2.45. The normalized spacial score (nSPS) is 21.6. The SMILES string of the molecule is CCOc1ccc(/C(O)=C2/C(=O)C(=O)N(C3CCCCC3)C2c2cccs2)cc1C(C)(C)C. The molecular formula is C27H33NO4S. The molecule has 1 N–H and O–H groups in total. The van der Waals surface area contributed by atoms with Crippen LogP contribution in [0, 0.1) is 0 Å². The number of Topliss-reactive ketones (excluding diaryl/α,β-unsaturated/α-hetero) is 1.